The lowest BCUT2D eigenvalue weighted by Gasteiger charge is -2.54. The second kappa shape index (κ2) is 5.47. The predicted octanol–water partition coefficient (Wildman–Crippen LogP) is 5.33. The van der Waals surface area contributed by atoms with Crippen LogP contribution in [0.2, 0.25) is 0 Å². The summed E-state index contributed by atoms with van der Waals surface area (Å²) in [5, 5.41) is 11.9. The van der Waals surface area contributed by atoms with Crippen LogP contribution >= 0.6 is 0 Å². The van der Waals surface area contributed by atoms with Gasteiger partial charge in [-0.25, -0.2) is 0 Å². The summed E-state index contributed by atoms with van der Waals surface area (Å²) in [6, 6.07) is 2.07. The zero-order chi connectivity index (χ0) is 17.9. The highest BCUT2D eigenvalue weighted by Gasteiger charge is 2.51. The van der Waals surface area contributed by atoms with E-state index in [9.17, 15) is 10.1 Å². The molecule has 0 radical (unpaired) electrons. The number of nitro benzene ring substituents is 1. The number of nitrogens with zero attached hydrogens (tertiary/aromatic N) is 1. The molecule has 0 spiro atoms. The Labute approximate surface area is 145 Å². The lowest BCUT2D eigenvalue weighted by atomic mass is 9.50. The van der Waals surface area contributed by atoms with Gasteiger partial charge in [0.1, 0.15) is 0 Å². The molecule has 1 aromatic carbocycles. The van der Waals surface area contributed by atoms with Crippen molar-refractivity contribution in [3.8, 4) is 0 Å². The number of anilines is 1. The molecule has 0 saturated heterocycles. The minimum atomic E-state index is -0.192. The van der Waals surface area contributed by atoms with E-state index < -0.39 is 0 Å². The first-order valence-electron chi connectivity index (χ1n) is 9.19. The molecule has 0 aromatic heterocycles. The molecule has 0 heterocycles. The smallest absolute Gasteiger partial charge is 0.278 e. The number of benzene rings is 1. The van der Waals surface area contributed by atoms with Crippen LogP contribution in [0.4, 0.5) is 11.4 Å². The SMILES string of the molecule is CC(C)c1c(N)cc2c(c1[N+](=O)[O-])CC[C@H]1C(C)(C)CCC[C@]21C. The summed E-state index contributed by atoms with van der Waals surface area (Å²) in [4.78, 5) is 11.7. The Morgan fingerprint density at radius 1 is 1.29 bits per heavy atom. The van der Waals surface area contributed by atoms with Crippen LogP contribution in [-0.2, 0) is 11.8 Å². The lowest BCUT2D eigenvalue weighted by molar-refractivity contribution is -0.386. The summed E-state index contributed by atoms with van der Waals surface area (Å²) < 4.78 is 0. The first kappa shape index (κ1) is 17.2. The molecule has 1 fully saturated rings. The van der Waals surface area contributed by atoms with Gasteiger partial charge in [-0.3, -0.25) is 10.1 Å². The zero-order valence-electron chi connectivity index (χ0n) is 15.6. The fourth-order valence-corrected chi connectivity index (χ4v) is 5.77. The third-order valence-corrected chi connectivity index (χ3v) is 6.76. The van der Waals surface area contributed by atoms with E-state index in [-0.39, 0.29) is 21.7 Å². The molecule has 1 aromatic rings. The van der Waals surface area contributed by atoms with E-state index >= 15 is 0 Å². The second-order valence-electron chi connectivity index (χ2n) is 9.02. The number of fused-ring (bicyclic) bond motifs is 3. The Hall–Kier alpha value is -1.58. The molecular formula is C20H30N2O2. The van der Waals surface area contributed by atoms with Crippen molar-refractivity contribution in [1.82, 2.24) is 0 Å². The van der Waals surface area contributed by atoms with Crippen molar-refractivity contribution >= 4 is 11.4 Å². The summed E-state index contributed by atoms with van der Waals surface area (Å²) in [6.45, 7) is 11.0. The van der Waals surface area contributed by atoms with E-state index in [1.165, 1.54) is 12.8 Å². The molecule has 3 rings (SSSR count). The maximum absolute atomic E-state index is 11.9. The van der Waals surface area contributed by atoms with E-state index in [2.05, 4.69) is 26.8 Å². The molecule has 2 aliphatic carbocycles. The maximum atomic E-state index is 11.9. The molecule has 2 aliphatic rings. The van der Waals surface area contributed by atoms with Gasteiger partial charge >= 0.3 is 0 Å². The number of hydrogen-bond acceptors (Lipinski definition) is 3. The van der Waals surface area contributed by atoms with Crippen molar-refractivity contribution in [2.75, 3.05) is 5.73 Å². The predicted molar refractivity (Wildman–Crippen MR) is 98.4 cm³/mol. The normalized spacial score (nSPS) is 28.3. The topological polar surface area (TPSA) is 69.2 Å². The molecule has 0 unspecified atom stereocenters. The second-order valence-corrected chi connectivity index (χ2v) is 9.02. The first-order valence-corrected chi connectivity index (χ1v) is 9.19. The van der Waals surface area contributed by atoms with Crippen LogP contribution in [0.15, 0.2) is 6.07 Å². The number of nitro groups is 1. The fraction of sp³-hybridized carbons (Fsp3) is 0.700. The highest BCUT2D eigenvalue weighted by atomic mass is 16.6. The molecule has 2 atom stereocenters. The summed E-state index contributed by atoms with van der Waals surface area (Å²) >= 11 is 0. The summed E-state index contributed by atoms with van der Waals surface area (Å²) in [5.41, 5.74) is 10.3. The van der Waals surface area contributed by atoms with Crippen molar-refractivity contribution in [3.63, 3.8) is 0 Å². The van der Waals surface area contributed by atoms with Gasteiger partial charge in [0, 0.05) is 11.3 Å². The Morgan fingerprint density at radius 3 is 2.54 bits per heavy atom. The van der Waals surface area contributed by atoms with Crippen molar-refractivity contribution < 1.29 is 4.92 Å². The van der Waals surface area contributed by atoms with Crippen LogP contribution in [0.3, 0.4) is 0 Å². The Bertz CT molecular complexity index is 693. The van der Waals surface area contributed by atoms with Gasteiger partial charge in [-0.15, -0.1) is 0 Å². The van der Waals surface area contributed by atoms with Gasteiger partial charge in [-0.1, -0.05) is 41.0 Å². The van der Waals surface area contributed by atoms with Crippen LogP contribution in [-0.4, -0.2) is 4.92 Å². The maximum Gasteiger partial charge on any atom is 0.278 e. The van der Waals surface area contributed by atoms with E-state index in [1.807, 2.05) is 13.8 Å². The first-order chi connectivity index (χ1) is 11.1. The zero-order valence-corrected chi connectivity index (χ0v) is 15.6. The molecular weight excluding hydrogens is 300 g/mol. The van der Waals surface area contributed by atoms with Crippen molar-refractivity contribution in [1.29, 1.82) is 0 Å². The van der Waals surface area contributed by atoms with Crippen LogP contribution in [0.1, 0.15) is 82.9 Å². The van der Waals surface area contributed by atoms with Gasteiger partial charge in [0.2, 0.25) is 0 Å². The average Bonchev–Trinajstić information content (AvgIpc) is 2.45. The van der Waals surface area contributed by atoms with Crippen LogP contribution < -0.4 is 5.73 Å². The molecule has 4 nitrogen and oxygen atoms in total. The monoisotopic (exact) mass is 330 g/mol. The Kier molecular flexibility index (Phi) is 3.93. The van der Waals surface area contributed by atoms with Crippen LogP contribution in [0.5, 0.6) is 0 Å². The number of nitrogen functional groups attached to an aromatic ring is 1. The molecule has 2 N–H and O–H groups in total. The Balaban J connectivity index is 2.27. The number of hydrogen-bond donors (Lipinski definition) is 1. The summed E-state index contributed by atoms with van der Waals surface area (Å²) in [7, 11) is 0. The van der Waals surface area contributed by atoms with Gasteiger partial charge in [-0.2, -0.15) is 0 Å². The molecule has 24 heavy (non-hydrogen) atoms. The van der Waals surface area contributed by atoms with Gasteiger partial charge in [0.25, 0.3) is 5.69 Å². The quantitative estimate of drug-likeness (QED) is 0.452. The van der Waals surface area contributed by atoms with Gasteiger partial charge in [0.15, 0.2) is 0 Å². The lowest BCUT2D eigenvalue weighted by Crippen LogP contribution is -2.48. The van der Waals surface area contributed by atoms with E-state index in [0.29, 0.717) is 17.3 Å². The minimum Gasteiger partial charge on any atom is -0.398 e. The van der Waals surface area contributed by atoms with E-state index in [1.54, 1.807) is 0 Å². The highest BCUT2D eigenvalue weighted by Crippen LogP contribution is 2.59. The number of nitrogens with two attached hydrogens (primary N) is 1. The summed E-state index contributed by atoms with van der Waals surface area (Å²) in [6.07, 6.45) is 5.36. The summed E-state index contributed by atoms with van der Waals surface area (Å²) in [5.74, 6) is 0.624. The molecule has 0 aliphatic heterocycles. The molecule has 1 saturated carbocycles. The van der Waals surface area contributed by atoms with Gasteiger partial charge in [-0.05, 0) is 60.0 Å². The Morgan fingerprint density at radius 2 is 1.96 bits per heavy atom. The van der Waals surface area contributed by atoms with Crippen molar-refractivity contribution in [3.05, 3.63) is 32.9 Å². The van der Waals surface area contributed by atoms with E-state index in [0.717, 1.165) is 36.0 Å². The van der Waals surface area contributed by atoms with E-state index in [4.69, 9.17) is 5.73 Å². The van der Waals surface area contributed by atoms with Crippen molar-refractivity contribution in [2.24, 2.45) is 11.3 Å². The van der Waals surface area contributed by atoms with Gasteiger partial charge in [0.05, 0.1) is 10.5 Å². The van der Waals surface area contributed by atoms with Gasteiger partial charge < -0.3 is 5.73 Å². The minimum absolute atomic E-state index is 0.00369. The highest BCUT2D eigenvalue weighted by molar-refractivity contribution is 5.68. The average molecular weight is 330 g/mol. The molecule has 132 valence electrons. The third kappa shape index (κ3) is 2.34. The fourth-order valence-electron chi connectivity index (χ4n) is 5.77. The standard InChI is InChI=1S/C20H30N2O2/c1-12(2)17-15(21)11-14-13(18(17)22(23)24)7-8-16-19(3,4)9-6-10-20(14,16)5/h11-12,16H,6-10,21H2,1-5H3/t16-,20+/m0/s1. The molecule has 4 heteroatoms. The van der Waals surface area contributed by atoms with Crippen LogP contribution in [0.25, 0.3) is 0 Å². The third-order valence-electron chi connectivity index (χ3n) is 6.76. The molecule has 0 bridgehead atoms. The van der Waals surface area contributed by atoms with Crippen molar-refractivity contribution in [2.45, 2.75) is 78.1 Å². The van der Waals surface area contributed by atoms with Crippen LogP contribution in [0, 0.1) is 21.4 Å². The molecule has 0 amide bonds. The largest absolute Gasteiger partial charge is 0.398 e. The number of rotatable bonds is 2.